The number of aromatic nitrogens is 3. The van der Waals surface area contributed by atoms with E-state index in [1.165, 1.54) is 0 Å². The number of nitrogens with zero attached hydrogens (tertiary/aromatic N) is 3. The van der Waals surface area contributed by atoms with Gasteiger partial charge in [0.15, 0.2) is 5.78 Å². The molecule has 8 heteroatoms. The van der Waals surface area contributed by atoms with Crippen LogP contribution in [0.1, 0.15) is 36.1 Å². The molecule has 0 fully saturated rings. The van der Waals surface area contributed by atoms with Crippen molar-refractivity contribution in [2.75, 3.05) is 10.6 Å². The van der Waals surface area contributed by atoms with Gasteiger partial charge in [-0.15, -0.1) is 0 Å². The lowest BCUT2D eigenvalue weighted by atomic mass is 9.79. The summed E-state index contributed by atoms with van der Waals surface area (Å²) in [4.78, 5) is 17.7. The quantitative estimate of drug-likeness (QED) is 0.677. The Balaban J connectivity index is 1.58. The molecule has 0 radical (unpaired) electrons. The van der Waals surface area contributed by atoms with Crippen LogP contribution in [0.5, 0.6) is 0 Å². The van der Waals surface area contributed by atoms with Gasteiger partial charge in [0, 0.05) is 28.9 Å². The number of halogens is 1. The molecule has 3 heterocycles. The highest BCUT2D eigenvalue weighted by Crippen LogP contribution is 2.43. The Bertz CT molecular complexity index is 1060. The summed E-state index contributed by atoms with van der Waals surface area (Å²) in [5.41, 5.74) is 3.31. The Hall–Kier alpha value is -3.19. The molecule has 28 heavy (non-hydrogen) atoms. The molecule has 1 aliphatic heterocycles. The van der Waals surface area contributed by atoms with Crippen molar-refractivity contribution in [3.05, 3.63) is 76.2 Å². The van der Waals surface area contributed by atoms with Crippen LogP contribution in [0.25, 0.3) is 0 Å². The second-order valence-corrected chi connectivity index (χ2v) is 7.33. The summed E-state index contributed by atoms with van der Waals surface area (Å²) in [6.45, 7) is 0. The molecule has 0 bridgehead atoms. The van der Waals surface area contributed by atoms with Crippen LogP contribution >= 0.6 is 11.6 Å². The van der Waals surface area contributed by atoms with Crippen molar-refractivity contribution >= 4 is 29.0 Å². The predicted molar refractivity (Wildman–Crippen MR) is 104 cm³/mol. The van der Waals surface area contributed by atoms with Crippen molar-refractivity contribution in [2.45, 2.75) is 24.8 Å². The topological polar surface area (TPSA) is 92.9 Å². The van der Waals surface area contributed by atoms with E-state index in [-0.39, 0.29) is 11.7 Å². The highest BCUT2D eigenvalue weighted by molar-refractivity contribution is 6.30. The van der Waals surface area contributed by atoms with E-state index in [1.54, 1.807) is 6.20 Å². The summed E-state index contributed by atoms with van der Waals surface area (Å²) in [7, 11) is 0. The fourth-order valence-corrected chi connectivity index (χ4v) is 3.97. The number of Topliss-reactive ketones (excluding diaryl/α,β-unsaturated/α-hetero) is 1. The van der Waals surface area contributed by atoms with Crippen molar-refractivity contribution < 1.29 is 9.42 Å². The van der Waals surface area contributed by atoms with Gasteiger partial charge in [-0.3, -0.25) is 9.78 Å². The average Bonchev–Trinajstić information content (AvgIpc) is 3.08. The number of ketones is 1. The minimum Gasteiger partial charge on any atom is -0.351 e. The molecule has 1 aliphatic carbocycles. The van der Waals surface area contributed by atoms with Gasteiger partial charge in [0.1, 0.15) is 6.04 Å². The lowest BCUT2D eigenvalue weighted by Gasteiger charge is -2.29. The van der Waals surface area contributed by atoms with Crippen LogP contribution in [-0.4, -0.2) is 21.1 Å². The number of nitrogens with one attached hydrogen (secondary N) is 2. The predicted octanol–water partition coefficient (Wildman–Crippen LogP) is 4.10. The Morgan fingerprint density at radius 2 is 1.86 bits per heavy atom. The van der Waals surface area contributed by atoms with Gasteiger partial charge in [-0.2, -0.15) is 0 Å². The highest BCUT2D eigenvalue weighted by atomic mass is 35.5. The van der Waals surface area contributed by atoms with E-state index < -0.39 is 6.04 Å². The summed E-state index contributed by atoms with van der Waals surface area (Å²) in [6.07, 6.45) is 2.80. The number of carbonyl (C=O) groups is 1. The van der Waals surface area contributed by atoms with Gasteiger partial charge in [0.2, 0.25) is 11.6 Å². The number of pyridine rings is 1. The fraction of sp³-hybridized carbons (Fsp3) is 0.200. The lowest BCUT2D eigenvalue weighted by Crippen LogP contribution is -2.27. The zero-order valence-electron chi connectivity index (χ0n) is 14.7. The van der Waals surface area contributed by atoms with E-state index in [0.717, 1.165) is 17.0 Å². The first kappa shape index (κ1) is 16.9. The maximum Gasteiger partial charge on any atom is 0.219 e. The minimum absolute atomic E-state index is 0.0572. The molecule has 0 saturated carbocycles. The summed E-state index contributed by atoms with van der Waals surface area (Å²) in [6, 6.07) is 12.9. The van der Waals surface area contributed by atoms with E-state index in [0.29, 0.717) is 35.1 Å². The summed E-state index contributed by atoms with van der Waals surface area (Å²) >= 11 is 6.01. The van der Waals surface area contributed by atoms with E-state index in [1.807, 2.05) is 42.5 Å². The van der Waals surface area contributed by atoms with E-state index >= 15 is 0 Å². The minimum atomic E-state index is -0.421. The number of fused-ring (bicyclic) bond motifs is 1. The third-order valence-corrected chi connectivity index (χ3v) is 5.41. The number of rotatable bonds is 2. The van der Waals surface area contributed by atoms with Gasteiger partial charge in [-0.05, 0) is 52.5 Å². The van der Waals surface area contributed by atoms with E-state index in [2.05, 4.69) is 25.9 Å². The summed E-state index contributed by atoms with van der Waals surface area (Å²) in [5.74, 6) is 1.05. The molecule has 1 aromatic carbocycles. The van der Waals surface area contributed by atoms with Crippen molar-refractivity contribution in [3.8, 4) is 0 Å². The maximum absolute atomic E-state index is 13.2. The van der Waals surface area contributed by atoms with Gasteiger partial charge in [0.25, 0.3) is 0 Å². The normalized spacial score (nSPS) is 21.2. The second-order valence-electron chi connectivity index (χ2n) is 6.89. The SMILES string of the molecule is O=C1C[C@H](c2ccc(Cl)cc2)CC2=C1[C@H](c1ccccn1)Nc1nonc1N2. The zero-order chi connectivity index (χ0) is 19.1. The number of anilines is 2. The van der Waals surface area contributed by atoms with Gasteiger partial charge in [-0.25, -0.2) is 4.63 Å². The molecule has 2 N–H and O–H groups in total. The largest absolute Gasteiger partial charge is 0.351 e. The molecule has 5 rings (SSSR count). The smallest absolute Gasteiger partial charge is 0.219 e. The molecule has 0 amide bonds. The first-order chi connectivity index (χ1) is 13.7. The molecular formula is C20H16ClN5O2. The number of allylic oxidation sites excluding steroid dienone is 1. The Morgan fingerprint density at radius 3 is 2.64 bits per heavy atom. The van der Waals surface area contributed by atoms with Gasteiger partial charge >= 0.3 is 0 Å². The first-order valence-corrected chi connectivity index (χ1v) is 9.35. The van der Waals surface area contributed by atoms with Gasteiger partial charge < -0.3 is 10.6 Å². The fourth-order valence-electron chi connectivity index (χ4n) is 3.84. The number of hydrogen-bond donors (Lipinski definition) is 2. The first-order valence-electron chi connectivity index (χ1n) is 8.98. The molecule has 7 nitrogen and oxygen atoms in total. The second kappa shape index (κ2) is 6.76. The van der Waals surface area contributed by atoms with E-state index in [9.17, 15) is 4.79 Å². The monoisotopic (exact) mass is 393 g/mol. The van der Waals surface area contributed by atoms with Crippen LogP contribution in [0.2, 0.25) is 5.02 Å². The van der Waals surface area contributed by atoms with Crippen molar-refractivity contribution in [2.24, 2.45) is 0 Å². The number of hydrogen-bond acceptors (Lipinski definition) is 7. The van der Waals surface area contributed by atoms with Crippen LogP contribution < -0.4 is 10.6 Å². The van der Waals surface area contributed by atoms with Crippen LogP contribution in [0, 0.1) is 0 Å². The standard InChI is InChI=1S/C20H16ClN5O2/c21-13-6-4-11(5-7-13)12-9-15-17(16(27)10-12)18(14-3-1-2-8-22-14)24-20-19(23-15)25-28-26-20/h1-8,12,18H,9-10H2,(H,23,25)(H,24,26)/t12-,18+/m1/s1. The Kier molecular flexibility index (Phi) is 4.09. The zero-order valence-corrected chi connectivity index (χ0v) is 15.5. The maximum atomic E-state index is 13.2. The average molecular weight is 394 g/mol. The molecule has 3 aromatic rings. The molecule has 2 atom stereocenters. The van der Waals surface area contributed by atoms with Crippen LogP contribution in [0.4, 0.5) is 11.6 Å². The van der Waals surface area contributed by atoms with Crippen LogP contribution in [-0.2, 0) is 4.79 Å². The Labute approximate surface area is 165 Å². The molecule has 2 aromatic heterocycles. The third-order valence-electron chi connectivity index (χ3n) is 5.16. The number of benzene rings is 1. The van der Waals surface area contributed by atoms with Gasteiger partial charge in [0.05, 0.1) is 5.69 Å². The Morgan fingerprint density at radius 1 is 1.04 bits per heavy atom. The van der Waals surface area contributed by atoms with Crippen molar-refractivity contribution in [3.63, 3.8) is 0 Å². The third kappa shape index (κ3) is 2.93. The summed E-state index contributed by atoms with van der Waals surface area (Å²) < 4.78 is 4.87. The van der Waals surface area contributed by atoms with E-state index in [4.69, 9.17) is 16.2 Å². The molecular weight excluding hydrogens is 378 g/mol. The van der Waals surface area contributed by atoms with Crippen molar-refractivity contribution in [1.29, 1.82) is 0 Å². The van der Waals surface area contributed by atoms with Crippen LogP contribution in [0.3, 0.4) is 0 Å². The molecule has 0 unspecified atom stereocenters. The van der Waals surface area contributed by atoms with Crippen molar-refractivity contribution in [1.82, 2.24) is 15.3 Å². The molecule has 0 spiro atoms. The summed E-state index contributed by atoms with van der Waals surface area (Å²) in [5, 5.41) is 15.0. The highest BCUT2D eigenvalue weighted by Gasteiger charge is 2.37. The lowest BCUT2D eigenvalue weighted by molar-refractivity contribution is -0.116. The van der Waals surface area contributed by atoms with Crippen LogP contribution in [0.15, 0.2) is 64.6 Å². The van der Waals surface area contributed by atoms with Gasteiger partial charge in [-0.1, -0.05) is 29.8 Å². The molecule has 140 valence electrons. The molecule has 2 aliphatic rings. The number of carbonyl (C=O) groups excluding carboxylic acids is 1. The molecule has 0 saturated heterocycles.